The van der Waals surface area contributed by atoms with E-state index in [9.17, 15) is 24.0 Å². The van der Waals surface area contributed by atoms with Gasteiger partial charge in [0.25, 0.3) is 0 Å². The molecule has 0 saturated heterocycles. The summed E-state index contributed by atoms with van der Waals surface area (Å²) >= 11 is 6.61. The lowest BCUT2D eigenvalue weighted by atomic mass is 9.88. The van der Waals surface area contributed by atoms with Gasteiger partial charge in [0.1, 0.15) is 29.1 Å². The van der Waals surface area contributed by atoms with Gasteiger partial charge in [0.15, 0.2) is 0 Å². The summed E-state index contributed by atoms with van der Waals surface area (Å²) in [7, 11) is 0. The highest BCUT2D eigenvalue weighted by Gasteiger charge is 2.24. The summed E-state index contributed by atoms with van der Waals surface area (Å²) < 4.78 is 21.6. The van der Waals surface area contributed by atoms with Gasteiger partial charge in [0, 0.05) is 23.7 Å². The fourth-order valence-corrected chi connectivity index (χ4v) is 5.75. The first-order valence-corrected chi connectivity index (χ1v) is 19.8. The van der Waals surface area contributed by atoms with Gasteiger partial charge in [-0.05, 0) is 134 Å². The topological polar surface area (TPSA) is 162 Å². The molecule has 0 aliphatic carbocycles. The number of aliphatic imine (C=N–C) groups is 1. The number of nitrogens with one attached hydrogen (secondary N) is 2. The van der Waals surface area contributed by atoms with E-state index in [4.69, 9.17) is 30.5 Å². The summed E-state index contributed by atoms with van der Waals surface area (Å²) in [4.78, 5) is 69.8. The second-order valence-corrected chi connectivity index (χ2v) is 18.7. The number of anilines is 1. The molecule has 3 aromatic carbocycles. The highest BCUT2D eigenvalue weighted by Crippen LogP contribution is 2.26. The number of carbonyl (C=O) groups is 5. The number of alkyl carbamates (subject to hydrolysis) is 1. The number of hydrogen-bond donors (Lipinski definition) is 2. The van der Waals surface area contributed by atoms with Crippen molar-refractivity contribution in [3.8, 4) is 5.75 Å². The Hall–Kier alpha value is -5.43. The van der Waals surface area contributed by atoms with Crippen LogP contribution >= 0.6 is 11.6 Å². The minimum Gasteiger partial charge on any atom is -0.459 e. The van der Waals surface area contributed by atoms with Crippen LogP contribution in [0.5, 0.6) is 5.75 Å². The molecule has 0 aliphatic heterocycles. The number of ether oxygens (including phenoxy) is 4. The quantitative estimate of drug-likeness (QED) is 0.0626. The van der Waals surface area contributed by atoms with E-state index in [2.05, 4.69) is 48.5 Å². The van der Waals surface area contributed by atoms with Gasteiger partial charge in [-0.3, -0.25) is 14.9 Å². The lowest BCUT2D eigenvalue weighted by molar-refractivity contribution is -0.159. The minimum atomic E-state index is -0.944. The normalized spacial score (nSPS) is 12.3. The first kappa shape index (κ1) is 47.9. The number of nitrogens with zero attached hydrogens (tertiary/aromatic N) is 2. The molecule has 3 amide bonds. The average Bonchev–Trinajstić information content (AvgIpc) is 3.04. The first-order valence-electron chi connectivity index (χ1n) is 19.4. The molecule has 0 aliphatic rings. The average molecular weight is 835 g/mol. The Balaban J connectivity index is 1.69. The third-order valence-electron chi connectivity index (χ3n) is 7.63. The second-order valence-electron chi connectivity index (χ2n) is 18.3. The molecule has 59 heavy (non-hydrogen) atoms. The van der Waals surface area contributed by atoms with Crippen LogP contribution in [0, 0.1) is 5.41 Å². The predicted molar refractivity (Wildman–Crippen MR) is 229 cm³/mol. The molecule has 0 aromatic heterocycles. The summed E-state index contributed by atoms with van der Waals surface area (Å²) in [6, 6.07) is 18.8. The van der Waals surface area contributed by atoms with E-state index in [0.717, 1.165) is 17.5 Å². The van der Waals surface area contributed by atoms with Gasteiger partial charge in [-0.1, -0.05) is 62.7 Å². The molecule has 0 fully saturated rings. The Kier molecular flexibility index (Phi) is 16.3. The maximum atomic E-state index is 13.6. The monoisotopic (exact) mass is 834 g/mol. The molecule has 0 bridgehead atoms. The fraction of sp³-hybridized carbons (Fsp3) is 0.467. The molecular weight excluding hydrogens is 776 g/mol. The number of aryl methyl sites for hydroxylation is 1. The highest BCUT2D eigenvalue weighted by atomic mass is 35.5. The largest absolute Gasteiger partial charge is 0.459 e. The Morgan fingerprint density at radius 3 is 1.92 bits per heavy atom. The van der Waals surface area contributed by atoms with Crippen LogP contribution in [0.25, 0.3) is 0 Å². The van der Waals surface area contributed by atoms with Crippen LogP contribution in [0.15, 0.2) is 71.7 Å². The van der Waals surface area contributed by atoms with Gasteiger partial charge in [-0.25, -0.2) is 14.4 Å². The Bertz CT molecular complexity index is 2000. The van der Waals surface area contributed by atoms with Gasteiger partial charge >= 0.3 is 24.1 Å². The third-order valence-corrected chi connectivity index (χ3v) is 7.99. The van der Waals surface area contributed by atoms with Crippen LogP contribution in [0.2, 0.25) is 5.02 Å². The van der Waals surface area contributed by atoms with Crippen molar-refractivity contribution in [3.63, 3.8) is 0 Å². The Morgan fingerprint density at radius 2 is 1.34 bits per heavy atom. The van der Waals surface area contributed by atoms with Crippen molar-refractivity contribution < 1.29 is 42.9 Å². The van der Waals surface area contributed by atoms with Crippen molar-refractivity contribution in [2.75, 3.05) is 11.9 Å². The Morgan fingerprint density at radius 1 is 0.729 bits per heavy atom. The van der Waals surface area contributed by atoms with Crippen molar-refractivity contribution in [2.24, 2.45) is 10.4 Å². The van der Waals surface area contributed by atoms with E-state index in [0.29, 0.717) is 16.3 Å². The van der Waals surface area contributed by atoms with Gasteiger partial charge < -0.3 is 29.2 Å². The molecule has 0 radical (unpaired) electrons. The van der Waals surface area contributed by atoms with Crippen molar-refractivity contribution in [1.82, 2.24) is 10.2 Å². The van der Waals surface area contributed by atoms with Gasteiger partial charge in [-0.15, -0.1) is 4.99 Å². The molecule has 320 valence electrons. The first-order chi connectivity index (χ1) is 27.1. The minimum absolute atomic E-state index is 0.0706. The number of carbonyl (C=O) groups excluding carboxylic acids is 5. The number of esters is 2. The van der Waals surface area contributed by atoms with Gasteiger partial charge in [0.05, 0.1) is 5.56 Å². The lowest BCUT2D eigenvalue weighted by Crippen LogP contribution is -2.40. The second kappa shape index (κ2) is 20.0. The van der Waals surface area contributed by atoms with E-state index < -0.39 is 40.9 Å². The van der Waals surface area contributed by atoms with Crippen molar-refractivity contribution in [2.45, 2.75) is 126 Å². The highest BCUT2D eigenvalue weighted by molar-refractivity contribution is 6.31. The summed E-state index contributed by atoms with van der Waals surface area (Å²) in [5, 5.41) is 5.53. The molecule has 0 saturated carbocycles. The van der Waals surface area contributed by atoms with Crippen molar-refractivity contribution >= 4 is 53.3 Å². The molecule has 3 rings (SSSR count). The molecule has 0 atom stereocenters. The molecule has 3 aromatic rings. The zero-order valence-corrected chi connectivity index (χ0v) is 37.1. The molecule has 0 spiro atoms. The van der Waals surface area contributed by atoms with E-state index in [1.165, 1.54) is 35.2 Å². The lowest BCUT2D eigenvalue weighted by Gasteiger charge is -2.26. The maximum absolute atomic E-state index is 13.6. The van der Waals surface area contributed by atoms with Crippen LogP contribution in [0.1, 0.15) is 117 Å². The zero-order valence-electron chi connectivity index (χ0n) is 36.3. The number of halogens is 1. The van der Waals surface area contributed by atoms with Crippen LogP contribution < -0.4 is 15.4 Å². The van der Waals surface area contributed by atoms with Crippen LogP contribution in [0.4, 0.5) is 15.3 Å². The number of amides is 3. The number of benzene rings is 3. The smallest absolute Gasteiger partial charge is 0.437 e. The standard InChI is InChI=1S/C45H59ClN4O9/c1-42(2,3)26-29-14-13-15-30(24-29)27-50(28-37(52)57-43(4,5)6)36(51)23-19-31-18-22-34(25-35(31)46)56-38(53)32-16-20-33(21-17-32)47-39(48-40(54)58-44(7,8)9)49-41(55)59-45(10,11)12/h13-18,20-22,24-25H,19,23,26-28H2,1-12H3,(H2,47,48,49,54,55). The SMILES string of the molecule is CC(C)(C)Cc1cccc(CN(CC(=O)OC(C)(C)C)C(=O)CCc2ccc(OC(=O)c3ccc(N/C(=N\C(=O)OC(C)(C)C)NC(=O)OC(C)(C)C)cc3)cc2Cl)c1. The molecule has 0 heterocycles. The molecule has 13 nitrogen and oxygen atoms in total. The molecule has 0 unspecified atom stereocenters. The van der Waals surface area contributed by atoms with Gasteiger partial charge in [0.2, 0.25) is 11.9 Å². The fourth-order valence-electron chi connectivity index (χ4n) is 5.48. The predicted octanol–water partition coefficient (Wildman–Crippen LogP) is 9.68. The van der Waals surface area contributed by atoms with E-state index in [1.54, 1.807) is 74.4 Å². The number of guanidine groups is 1. The summed E-state index contributed by atoms with van der Waals surface area (Å²) in [6.45, 7) is 22.0. The number of hydrogen-bond acceptors (Lipinski definition) is 9. The summed E-state index contributed by atoms with van der Waals surface area (Å²) in [5.41, 5.74) is 1.03. The van der Waals surface area contributed by atoms with E-state index in [1.807, 2.05) is 12.1 Å². The summed E-state index contributed by atoms with van der Waals surface area (Å²) in [5.74, 6) is -1.48. The van der Waals surface area contributed by atoms with Gasteiger partial charge in [-0.2, -0.15) is 0 Å². The molecular formula is C45H59ClN4O9. The molecule has 2 N–H and O–H groups in total. The van der Waals surface area contributed by atoms with Crippen LogP contribution in [0.3, 0.4) is 0 Å². The van der Waals surface area contributed by atoms with E-state index in [-0.39, 0.29) is 54.5 Å². The molecule has 14 heteroatoms. The van der Waals surface area contributed by atoms with Crippen LogP contribution in [-0.2, 0) is 43.2 Å². The Labute approximate surface area is 353 Å². The maximum Gasteiger partial charge on any atom is 0.437 e. The third kappa shape index (κ3) is 18.8. The zero-order chi connectivity index (χ0) is 44.3. The van der Waals surface area contributed by atoms with Crippen LogP contribution in [-0.4, -0.2) is 64.2 Å². The van der Waals surface area contributed by atoms with E-state index >= 15 is 0 Å². The number of rotatable bonds is 11. The van der Waals surface area contributed by atoms with Crippen molar-refractivity contribution in [3.05, 3.63) is 94.0 Å². The van der Waals surface area contributed by atoms with Crippen molar-refractivity contribution in [1.29, 1.82) is 0 Å². The summed E-state index contributed by atoms with van der Waals surface area (Å²) in [6.07, 6.45) is -0.586.